The molecule has 1 unspecified atom stereocenters. The molecule has 1 atom stereocenters. The third-order valence-corrected chi connectivity index (χ3v) is 13.4. The fourth-order valence-electron chi connectivity index (χ4n) is 7.14. The van der Waals surface area contributed by atoms with E-state index in [2.05, 4.69) is 134 Å². The van der Waals surface area contributed by atoms with Crippen LogP contribution in [0.2, 0.25) is 0 Å². The lowest BCUT2D eigenvalue weighted by Crippen LogP contribution is -2.48. The molecular weight excluding hydrogens is 533 g/mol. The van der Waals surface area contributed by atoms with E-state index in [1.807, 2.05) is 11.3 Å². The molecule has 1 aliphatic heterocycles. The van der Waals surface area contributed by atoms with Crippen LogP contribution in [0, 0.1) is 0 Å². The van der Waals surface area contributed by atoms with Gasteiger partial charge >= 0.3 is 0 Å². The van der Waals surface area contributed by atoms with Crippen LogP contribution in [-0.4, -0.2) is 0 Å². The lowest BCUT2D eigenvalue weighted by Gasteiger charge is -2.34. The fourth-order valence-corrected chi connectivity index (χ4v) is 11.8. The summed E-state index contributed by atoms with van der Waals surface area (Å²) in [6.45, 7) is 9.42. The SMILES string of the molecule is C=C1[n+]2ccc3ccccc3c2-c2sc(-p3c4ccccc4c4ccc(-c5ccccc5)cc43)cc2C1(CC)CC. The van der Waals surface area contributed by atoms with Crippen LogP contribution in [0.25, 0.3) is 63.8 Å². The van der Waals surface area contributed by atoms with Crippen LogP contribution in [0.4, 0.5) is 0 Å². The molecule has 0 aliphatic carbocycles. The molecule has 1 aliphatic rings. The smallest absolute Gasteiger partial charge is 0.162 e. The Morgan fingerprint density at radius 2 is 1.41 bits per heavy atom. The molecular formula is C38H31NPS+. The largest absolute Gasteiger partial charge is 0.236 e. The maximum Gasteiger partial charge on any atom is 0.236 e. The van der Waals surface area contributed by atoms with Crippen molar-refractivity contribution in [3.8, 4) is 26.3 Å². The van der Waals surface area contributed by atoms with Gasteiger partial charge in [-0.15, -0.1) is 11.3 Å². The molecule has 0 saturated carbocycles. The Morgan fingerprint density at radius 3 is 2.22 bits per heavy atom. The Balaban J connectivity index is 1.47. The van der Waals surface area contributed by atoms with Crippen LogP contribution in [0.5, 0.6) is 0 Å². The van der Waals surface area contributed by atoms with Crippen molar-refractivity contribution in [2.45, 2.75) is 32.1 Å². The Kier molecular flexibility index (Phi) is 5.61. The number of nitrogens with zero attached hydrogens (tertiary/aromatic N) is 1. The van der Waals surface area contributed by atoms with Crippen LogP contribution < -0.4 is 4.57 Å². The van der Waals surface area contributed by atoms with Crippen molar-refractivity contribution in [2.24, 2.45) is 0 Å². The maximum atomic E-state index is 4.75. The summed E-state index contributed by atoms with van der Waals surface area (Å²) < 4.78 is 3.89. The van der Waals surface area contributed by atoms with Gasteiger partial charge in [-0.1, -0.05) is 100 Å². The zero-order chi connectivity index (χ0) is 27.7. The van der Waals surface area contributed by atoms with Gasteiger partial charge in [0.05, 0.1) is 15.4 Å². The summed E-state index contributed by atoms with van der Waals surface area (Å²) in [5.74, 6) is 0. The number of fused-ring (bicyclic) bond motifs is 8. The van der Waals surface area contributed by atoms with E-state index in [-0.39, 0.29) is 5.41 Å². The molecule has 3 aromatic heterocycles. The van der Waals surface area contributed by atoms with Gasteiger partial charge in [0.1, 0.15) is 4.88 Å². The van der Waals surface area contributed by atoms with E-state index in [4.69, 9.17) is 6.58 Å². The first-order chi connectivity index (χ1) is 20.1. The first-order valence-corrected chi connectivity index (χ1v) is 16.7. The molecule has 8 rings (SSSR count). The zero-order valence-electron chi connectivity index (χ0n) is 23.4. The summed E-state index contributed by atoms with van der Waals surface area (Å²) >= 11 is 2.02. The number of pyridine rings is 1. The van der Waals surface area contributed by atoms with Crippen molar-refractivity contribution in [3.63, 3.8) is 0 Å². The minimum Gasteiger partial charge on any atom is -0.162 e. The number of benzene rings is 4. The molecule has 7 aromatic rings. The Labute approximate surface area is 246 Å². The molecule has 0 spiro atoms. The number of aromatic nitrogens is 1. The topological polar surface area (TPSA) is 3.88 Å². The Morgan fingerprint density at radius 1 is 0.707 bits per heavy atom. The molecule has 3 heteroatoms. The molecule has 4 heterocycles. The standard InChI is InChI=1S/C38H31NPS/c1-4-38(5-2)25(3)39-22-21-27-15-9-10-16-29(27)36(39)37-32(38)24-35(41-37)40-33-18-12-11-17-30(33)31-20-19-28(23-34(31)40)26-13-7-6-8-14-26/h6-24H,3-5H2,1-2H3/q+1. The van der Waals surface area contributed by atoms with Crippen molar-refractivity contribution in [2.75, 3.05) is 0 Å². The quantitative estimate of drug-likeness (QED) is 0.187. The molecule has 0 bridgehead atoms. The molecule has 0 fully saturated rings. The van der Waals surface area contributed by atoms with Gasteiger partial charge in [-0.25, -0.2) is 0 Å². The van der Waals surface area contributed by atoms with Crippen LogP contribution in [-0.2, 0) is 5.41 Å². The van der Waals surface area contributed by atoms with Gasteiger partial charge in [0, 0.05) is 16.3 Å². The van der Waals surface area contributed by atoms with Gasteiger partial charge in [-0.3, -0.25) is 0 Å². The van der Waals surface area contributed by atoms with Crippen molar-refractivity contribution in [1.29, 1.82) is 0 Å². The molecule has 1 nitrogen and oxygen atoms in total. The average Bonchev–Trinajstić information content (AvgIpc) is 3.61. The summed E-state index contributed by atoms with van der Waals surface area (Å²) in [6.07, 6.45) is 4.32. The van der Waals surface area contributed by atoms with Gasteiger partial charge in [0.2, 0.25) is 5.69 Å². The number of rotatable bonds is 4. The second-order valence-corrected chi connectivity index (χ2v) is 14.6. The lowest BCUT2D eigenvalue weighted by molar-refractivity contribution is -0.575. The predicted molar refractivity (Wildman–Crippen MR) is 180 cm³/mol. The molecule has 198 valence electrons. The summed E-state index contributed by atoms with van der Waals surface area (Å²) in [5, 5.41) is 8.32. The number of allylic oxidation sites excluding steroid dienone is 1. The fraction of sp³-hybridized carbons (Fsp3) is 0.132. The third kappa shape index (κ3) is 3.45. The minimum atomic E-state index is -0.676. The second kappa shape index (κ2) is 9.28. The molecule has 0 saturated heterocycles. The third-order valence-electron chi connectivity index (χ3n) is 9.36. The lowest BCUT2D eigenvalue weighted by atomic mass is 9.71. The van der Waals surface area contributed by atoms with E-state index < -0.39 is 7.53 Å². The molecule has 41 heavy (non-hydrogen) atoms. The predicted octanol–water partition coefficient (Wildman–Crippen LogP) is 11.3. The van der Waals surface area contributed by atoms with E-state index >= 15 is 0 Å². The van der Waals surface area contributed by atoms with Gasteiger partial charge in [-0.05, 0) is 76.5 Å². The Bertz CT molecular complexity index is 2140. The van der Waals surface area contributed by atoms with Crippen molar-refractivity contribution >= 4 is 56.3 Å². The molecule has 0 radical (unpaired) electrons. The van der Waals surface area contributed by atoms with Gasteiger partial charge < -0.3 is 0 Å². The van der Waals surface area contributed by atoms with Gasteiger partial charge in [0.15, 0.2) is 11.9 Å². The summed E-state index contributed by atoms with van der Waals surface area (Å²) in [4.78, 5) is 1.42. The zero-order valence-corrected chi connectivity index (χ0v) is 25.1. The van der Waals surface area contributed by atoms with Crippen LogP contribution >= 0.6 is 18.9 Å². The van der Waals surface area contributed by atoms with E-state index in [9.17, 15) is 0 Å². The highest BCUT2D eigenvalue weighted by Crippen LogP contribution is 2.61. The van der Waals surface area contributed by atoms with E-state index in [0.29, 0.717) is 0 Å². The highest BCUT2D eigenvalue weighted by atomic mass is 32.1. The Hall–Kier alpha value is -3.97. The normalized spacial score (nSPS) is 14.5. The highest BCUT2D eigenvalue weighted by Gasteiger charge is 2.47. The number of thiophene rings is 1. The van der Waals surface area contributed by atoms with Crippen LogP contribution in [0.3, 0.4) is 0 Å². The first kappa shape index (κ1) is 24.8. The monoisotopic (exact) mass is 564 g/mol. The first-order valence-electron chi connectivity index (χ1n) is 14.5. The van der Waals surface area contributed by atoms with Crippen LogP contribution in [0.1, 0.15) is 32.3 Å². The number of hydrogen-bond donors (Lipinski definition) is 0. The molecule has 0 N–H and O–H groups in total. The van der Waals surface area contributed by atoms with Gasteiger partial charge in [0.25, 0.3) is 0 Å². The maximum absolute atomic E-state index is 4.75. The summed E-state index contributed by atoms with van der Waals surface area (Å²) in [7, 11) is -0.676. The molecule has 0 amide bonds. The average molecular weight is 565 g/mol. The summed E-state index contributed by atoms with van der Waals surface area (Å²) in [5.41, 5.74) is 6.46. The molecule has 4 aromatic carbocycles. The van der Waals surface area contributed by atoms with Gasteiger partial charge in [-0.2, -0.15) is 4.57 Å². The van der Waals surface area contributed by atoms with E-state index in [0.717, 1.165) is 12.8 Å². The van der Waals surface area contributed by atoms with E-state index in [1.165, 1.54) is 69.4 Å². The second-order valence-electron chi connectivity index (χ2n) is 11.1. The van der Waals surface area contributed by atoms with Crippen LogP contribution in [0.15, 0.2) is 122 Å². The van der Waals surface area contributed by atoms with Crippen molar-refractivity contribution in [3.05, 3.63) is 128 Å². The minimum absolute atomic E-state index is 0.0759. The van der Waals surface area contributed by atoms with E-state index in [1.54, 1.807) is 0 Å². The highest BCUT2D eigenvalue weighted by molar-refractivity contribution is 7.73. The number of hydrogen-bond acceptors (Lipinski definition) is 1. The van der Waals surface area contributed by atoms with Crippen molar-refractivity contribution in [1.82, 2.24) is 0 Å². The van der Waals surface area contributed by atoms with Crippen molar-refractivity contribution < 1.29 is 4.57 Å². The summed E-state index contributed by atoms with van der Waals surface area (Å²) in [6, 6.07) is 40.7.